The van der Waals surface area contributed by atoms with Gasteiger partial charge in [0.25, 0.3) is 0 Å². The van der Waals surface area contributed by atoms with E-state index in [2.05, 4.69) is 24.2 Å². The van der Waals surface area contributed by atoms with Crippen LogP contribution in [0.5, 0.6) is 5.75 Å². The summed E-state index contributed by atoms with van der Waals surface area (Å²) < 4.78 is 13.1. The molecule has 1 aliphatic carbocycles. The Morgan fingerprint density at radius 1 is 1.08 bits per heavy atom. The van der Waals surface area contributed by atoms with E-state index < -0.39 is 5.91 Å². The van der Waals surface area contributed by atoms with Crippen molar-refractivity contribution >= 4 is 38.2 Å². The van der Waals surface area contributed by atoms with Gasteiger partial charge in [0.15, 0.2) is 0 Å². The molecule has 0 unspecified atom stereocenters. The van der Waals surface area contributed by atoms with Gasteiger partial charge in [0.05, 0.1) is 33.1 Å². The van der Waals surface area contributed by atoms with Crippen LogP contribution in [0.3, 0.4) is 0 Å². The smallest absolute Gasteiger partial charge is 0.317 e. The molecule has 6 nitrogen and oxygen atoms in total. The van der Waals surface area contributed by atoms with E-state index >= 15 is 0 Å². The molecule has 2 aromatic carbocycles. The Kier molecular flexibility index (Phi) is 6.05. The van der Waals surface area contributed by atoms with Crippen LogP contribution in [0.25, 0.3) is 31.6 Å². The predicted octanol–water partition coefficient (Wildman–Crippen LogP) is 7.22. The third-order valence-corrected chi connectivity index (χ3v) is 9.17. The third kappa shape index (κ3) is 4.00. The van der Waals surface area contributed by atoms with Crippen LogP contribution in [0, 0.1) is 30.6 Å². The summed E-state index contributed by atoms with van der Waals surface area (Å²) in [4.78, 5) is 30.2. The summed E-state index contributed by atoms with van der Waals surface area (Å²) in [7, 11) is 0. The molecule has 1 saturated carbocycles. The van der Waals surface area contributed by atoms with Gasteiger partial charge in [0.2, 0.25) is 0 Å². The Morgan fingerprint density at radius 3 is 2.61 bits per heavy atom. The molecule has 1 saturated heterocycles. The van der Waals surface area contributed by atoms with E-state index in [4.69, 9.17) is 14.5 Å². The minimum atomic E-state index is -0.799. The van der Waals surface area contributed by atoms with Crippen LogP contribution in [0.1, 0.15) is 47.2 Å². The Balaban J connectivity index is 1.39. The molecule has 2 aromatic heterocycles. The second-order valence-corrected chi connectivity index (χ2v) is 11.1. The summed E-state index contributed by atoms with van der Waals surface area (Å²) in [6.45, 7) is 5.74. The predicted molar refractivity (Wildman–Crippen MR) is 143 cm³/mol. The highest BCUT2D eigenvalue weighted by atomic mass is 32.1. The number of nitrogens with zero attached hydrogens (tertiary/aromatic N) is 2. The van der Waals surface area contributed by atoms with Crippen molar-refractivity contribution in [2.45, 2.75) is 45.6 Å². The van der Waals surface area contributed by atoms with Crippen LogP contribution < -0.4 is 4.74 Å². The van der Waals surface area contributed by atoms with E-state index in [1.54, 1.807) is 17.4 Å². The van der Waals surface area contributed by atoms with Gasteiger partial charge in [-0.3, -0.25) is 4.79 Å². The zero-order valence-electron chi connectivity index (χ0n) is 20.5. The number of hydrogen-bond donors (Lipinski definition) is 0. The van der Waals surface area contributed by atoms with Crippen molar-refractivity contribution in [1.29, 1.82) is 0 Å². The number of hydrogen-bond acceptors (Lipinski definition) is 6. The normalized spacial score (nSPS) is 20.4. The number of rotatable bonds is 5. The SMILES string of the molecule is Cc1c(-c2cc(C(=O)N=O)c3c(O[C@H]4C[C@@H](C5CCOCC5)C4)ccc(C)c3n2)sc2ccccc12. The van der Waals surface area contributed by atoms with Crippen molar-refractivity contribution in [1.82, 2.24) is 4.98 Å². The summed E-state index contributed by atoms with van der Waals surface area (Å²) in [5.74, 6) is 1.17. The fourth-order valence-corrected chi connectivity index (χ4v) is 6.92. The fraction of sp³-hybridized carbons (Fsp3) is 0.379. The van der Waals surface area contributed by atoms with Gasteiger partial charge in [-0.05, 0) is 86.1 Å². The van der Waals surface area contributed by atoms with Crippen LogP contribution >= 0.6 is 11.3 Å². The van der Waals surface area contributed by atoms with E-state index in [1.807, 2.05) is 31.2 Å². The molecule has 0 spiro atoms. The lowest BCUT2D eigenvalue weighted by molar-refractivity contribution is -0.0150. The quantitative estimate of drug-likeness (QED) is 0.270. The lowest BCUT2D eigenvalue weighted by Gasteiger charge is -2.41. The topological polar surface area (TPSA) is 77.9 Å². The van der Waals surface area contributed by atoms with Gasteiger partial charge in [-0.1, -0.05) is 24.3 Å². The van der Waals surface area contributed by atoms with Gasteiger partial charge in [-0.25, -0.2) is 4.98 Å². The maximum atomic E-state index is 12.8. The molecular formula is C29H28N2O4S. The van der Waals surface area contributed by atoms with Crippen molar-refractivity contribution < 1.29 is 14.3 Å². The van der Waals surface area contributed by atoms with E-state index in [1.165, 1.54) is 5.39 Å². The van der Waals surface area contributed by atoms with E-state index in [0.717, 1.165) is 59.6 Å². The number of aryl methyl sites for hydroxylation is 2. The van der Waals surface area contributed by atoms with Crippen LogP contribution in [0.2, 0.25) is 0 Å². The molecule has 1 aliphatic heterocycles. The number of nitroso groups, excluding NO2 is 1. The monoisotopic (exact) mass is 500 g/mol. The highest BCUT2D eigenvalue weighted by molar-refractivity contribution is 7.22. The number of fused-ring (bicyclic) bond motifs is 2. The average molecular weight is 501 g/mol. The van der Waals surface area contributed by atoms with Gasteiger partial charge in [-0.15, -0.1) is 16.2 Å². The maximum absolute atomic E-state index is 12.8. The van der Waals surface area contributed by atoms with Gasteiger partial charge in [0.1, 0.15) is 5.75 Å². The van der Waals surface area contributed by atoms with E-state index in [-0.39, 0.29) is 11.7 Å². The zero-order chi connectivity index (χ0) is 24.8. The maximum Gasteiger partial charge on any atom is 0.317 e. The molecule has 6 rings (SSSR count). The number of aromatic nitrogens is 1. The highest BCUT2D eigenvalue weighted by Gasteiger charge is 2.37. The summed E-state index contributed by atoms with van der Waals surface area (Å²) in [5, 5.41) is 4.53. The molecule has 7 heteroatoms. The molecule has 2 aliphatic rings. The number of thiophene rings is 1. The zero-order valence-corrected chi connectivity index (χ0v) is 21.3. The molecule has 0 radical (unpaired) electrons. The van der Waals surface area contributed by atoms with Gasteiger partial charge in [-0.2, -0.15) is 0 Å². The number of carbonyl (C=O) groups is 1. The molecule has 0 bridgehead atoms. The highest BCUT2D eigenvalue weighted by Crippen LogP contribution is 2.44. The van der Waals surface area contributed by atoms with Crippen LogP contribution in [0.4, 0.5) is 0 Å². The lowest BCUT2D eigenvalue weighted by Crippen LogP contribution is -2.39. The van der Waals surface area contributed by atoms with E-state index in [9.17, 15) is 9.70 Å². The molecule has 36 heavy (non-hydrogen) atoms. The van der Waals surface area contributed by atoms with Gasteiger partial charge < -0.3 is 9.47 Å². The molecule has 184 valence electrons. The summed E-state index contributed by atoms with van der Waals surface area (Å²) >= 11 is 1.64. The van der Waals surface area contributed by atoms with Crippen LogP contribution in [-0.2, 0) is 4.74 Å². The van der Waals surface area contributed by atoms with Crippen LogP contribution in [0.15, 0.2) is 47.6 Å². The summed E-state index contributed by atoms with van der Waals surface area (Å²) in [6, 6.07) is 13.8. The number of carbonyl (C=O) groups excluding carboxylic acids is 1. The Morgan fingerprint density at radius 2 is 1.86 bits per heavy atom. The first-order valence-corrected chi connectivity index (χ1v) is 13.4. The lowest BCUT2D eigenvalue weighted by atomic mass is 9.71. The molecule has 0 N–H and O–H groups in total. The second-order valence-electron chi connectivity index (χ2n) is 10.0. The Labute approximate surface area is 213 Å². The molecule has 3 heterocycles. The molecule has 2 fully saturated rings. The van der Waals surface area contributed by atoms with Crippen LogP contribution in [-0.4, -0.2) is 30.2 Å². The minimum Gasteiger partial charge on any atom is -0.490 e. The molecular weight excluding hydrogens is 472 g/mol. The van der Waals surface area contributed by atoms with Crippen molar-refractivity contribution in [2.24, 2.45) is 17.0 Å². The first-order chi connectivity index (χ1) is 17.5. The van der Waals surface area contributed by atoms with Crippen molar-refractivity contribution in [3.05, 3.63) is 64.1 Å². The fourth-order valence-electron chi connectivity index (χ4n) is 5.75. The van der Waals surface area contributed by atoms with Crippen molar-refractivity contribution in [2.75, 3.05) is 13.2 Å². The Hall–Kier alpha value is -3.16. The molecule has 1 amide bonds. The Bertz CT molecular complexity index is 1480. The van der Waals surface area contributed by atoms with Crippen molar-refractivity contribution in [3.63, 3.8) is 0 Å². The first kappa shape index (κ1) is 23.3. The first-order valence-electron chi connectivity index (χ1n) is 12.6. The average Bonchev–Trinajstić information content (AvgIpc) is 3.23. The number of amides is 1. The van der Waals surface area contributed by atoms with Crippen molar-refractivity contribution in [3.8, 4) is 16.3 Å². The molecule has 0 atom stereocenters. The standard InChI is InChI=1S/C29H28N2O4S/c1-16-7-8-24(35-20-13-19(14-20)18-9-11-34-12-10-18)26-22(29(32)31-33)15-23(30-27(16)26)28-17(2)21-5-3-4-6-25(21)36-28/h3-8,15,18-20H,9-14H2,1-2H3/t19-,20+. The second kappa shape index (κ2) is 9.37. The van der Waals surface area contributed by atoms with E-state index in [0.29, 0.717) is 34.2 Å². The number of pyridine rings is 1. The third-order valence-electron chi connectivity index (χ3n) is 7.87. The minimum absolute atomic E-state index is 0.0976. The van der Waals surface area contributed by atoms with Gasteiger partial charge in [0, 0.05) is 23.1 Å². The largest absolute Gasteiger partial charge is 0.490 e. The number of ether oxygens (including phenoxy) is 2. The number of benzene rings is 2. The summed E-state index contributed by atoms with van der Waals surface area (Å²) in [6.07, 6.45) is 4.35. The summed E-state index contributed by atoms with van der Waals surface area (Å²) in [5.41, 5.74) is 3.64. The van der Waals surface area contributed by atoms with Gasteiger partial charge >= 0.3 is 5.91 Å². The molecule has 4 aromatic rings.